The summed E-state index contributed by atoms with van der Waals surface area (Å²) in [6.07, 6.45) is 9.58. The van der Waals surface area contributed by atoms with Crippen molar-refractivity contribution in [1.29, 1.82) is 0 Å². The molecule has 5 aliphatic heterocycles. The average molecular weight is 594 g/mol. The number of aromatic nitrogens is 4. The van der Waals surface area contributed by atoms with E-state index in [2.05, 4.69) is 21.0 Å². The van der Waals surface area contributed by atoms with Crippen LogP contribution in [0.4, 0.5) is 10.2 Å². The van der Waals surface area contributed by atoms with Gasteiger partial charge in [-0.3, -0.25) is 4.90 Å². The Bertz CT molecular complexity index is 1880. The van der Waals surface area contributed by atoms with Gasteiger partial charge in [-0.05, 0) is 55.8 Å². The second-order valence-corrected chi connectivity index (χ2v) is 12.9. The highest BCUT2D eigenvalue weighted by atomic mass is 19.1. The summed E-state index contributed by atoms with van der Waals surface area (Å²) in [6, 6.07) is 9.81. The van der Waals surface area contributed by atoms with Gasteiger partial charge in [-0.15, -0.1) is 6.42 Å². The van der Waals surface area contributed by atoms with Crippen LogP contribution in [0.1, 0.15) is 37.7 Å². The van der Waals surface area contributed by atoms with Crippen LogP contribution in [0.15, 0.2) is 30.3 Å². The fourth-order valence-electron chi connectivity index (χ4n) is 8.32. The largest absolute Gasteiger partial charge is 0.508 e. The molecule has 4 aromatic rings. The van der Waals surface area contributed by atoms with Crippen molar-refractivity contribution in [3.8, 4) is 41.4 Å². The molecule has 5 atom stereocenters. The van der Waals surface area contributed by atoms with E-state index in [0.717, 1.165) is 49.5 Å². The van der Waals surface area contributed by atoms with Gasteiger partial charge in [0.25, 0.3) is 0 Å². The van der Waals surface area contributed by atoms with E-state index in [1.54, 1.807) is 12.1 Å². The number of piperazine rings is 1. The Balaban J connectivity index is 1.21. The van der Waals surface area contributed by atoms with Crippen LogP contribution in [-0.4, -0.2) is 92.6 Å². The molecule has 0 spiro atoms. The van der Waals surface area contributed by atoms with E-state index in [1.165, 1.54) is 0 Å². The lowest BCUT2D eigenvalue weighted by atomic mass is 9.95. The third-order valence-electron chi connectivity index (χ3n) is 10.3. The number of rotatable bonds is 4. The maximum Gasteiger partial charge on any atom is 0.320 e. The number of aromatic hydroxyl groups is 1. The fourth-order valence-corrected chi connectivity index (χ4v) is 8.32. The van der Waals surface area contributed by atoms with Crippen LogP contribution in [-0.2, 0) is 0 Å². The van der Waals surface area contributed by atoms with Gasteiger partial charge in [-0.25, -0.2) is 9.37 Å². The zero-order valence-electron chi connectivity index (χ0n) is 24.2. The first-order valence-electron chi connectivity index (χ1n) is 15.5. The van der Waals surface area contributed by atoms with Crippen molar-refractivity contribution in [2.45, 2.75) is 61.9 Å². The number of fused-ring (bicyclic) bond motifs is 7. The number of ether oxygens (including phenoxy) is 2. The summed E-state index contributed by atoms with van der Waals surface area (Å²) in [7, 11) is 0. The zero-order chi connectivity index (χ0) is 29.6. The van der Waals surface area contributed by atoms with Crippen LogP contribution in [0.25, 0.3) is 33.2 Å². The molecule has 4 fully saturated rings. The van der Waals surface area contributed by atoms with Crippen LogP contribution in [0, 0.1) is 12.3 Å². The second-order valence-electron chi connectivity index (χ2n) is 12.9. The molecule has 10 nitrogen and oxygen atoms in total. The summed E-state index contributed by atoms with van der Waals surface area (Å²) < 4.78 is 27.3. The normalized spacial score (nSPS) is 28.9. The molecule has 2 N–H and O–H groups in total. The summed E-state index contributed by atoms with van der Waals surface area (Å²) in [5.41, 5.74) is 1.31. The van der Waals surface area contributed by atoms with E-state index >= 15 is 0 Å². The van der Waals surface area contributed by atoms with Crippen molar-refractivity contribution in [1.82, 2.24) is 30.2 Å². The summed E-state index contributed by atoms with van der Waals surface area (Å²) >= 11 is 0. The van der Waals surface area contributed by atoms with Crippen LogP contribution in [0.5, 0.6) is 17.6 Å². The van der Waals surface area contributed by atoms with Crippen molar-refractivity contribution in [3.05, 3.63) is 35.9 Å². The average Bonchev–Trinajstić information content (AvgIpc) is 3.66. The van der Waals surface area contributed by atoms with Crippen molar-refractivity contribution in [2.24, 2.45) is 0 Å². The Morgan fingerprint density at radius 1 is 1.16 bits per heavy atom. The van der Waals surface area contributed by atoms with Gasteiger partial charge in [0, 0.05) is 48.1 Å². The first-order valence-corrected chi connectivity index (χ1v) is 15.5. The molecule has 11 heteroatoms. The lowest BCUT2D eigenvalue weighted by molar-refractivity contribution is 0.107. The van der Waals surface area contributed by atoms with Gasteiger partial charge in [0.1, 0.15) is 30.5 Å². The number of hydrogen-bond acceptors (Lipinski definition) is 10. The third kappa shape index (κ3) is 3.94. The minimum Gasteiger partial charge on any atom is -0.508 e. The maximum absolute atomic E-state index is 14.5. The number of benzene rings is 2. The monoisotopic (exact) mass is 593 g/mol. The van der Waals surface area contributed by atoms with Gasteiger partial charge in [0.15, 0.2) is 17.3 Å². The van der Waals surface area contributed by atoms with E-state index in [1.807, 2.05) is 18.2 Å². The molecule has 0 saturated carbocycles. The number of phenolic OH excluding ortho intramolecular Hbond substituents is 1. The van der Waals surface area contributed by atoms with Crippen LogP contribution >= 0.6 is 0 Å². The summed E-state index contributed by atoms with van der Waals surface area (Å²) in [4.78, 5) is 24.2. The van der Waals surface area contributed by atoms with E-state index in [4.69, 9.17) is 35.8 Å². The van der Waals surface area contributed by atoms with Crippen LogP contribution in [0.3, 0.4) is 0 Å². The molecule has 0 amide bonds. The van der Waals surface area contributed by atoms with Gasteiger partial charge in [0.2, 0.25) is 5.88 Å². The maximum atomic E-state index is 14.5. The molecule has 224 valence electrons. The highest BCUT2D eigenvalue weighted by Crippen LogP contribution is 2.43. The topological polar surface area (TPSA) is 109 Å². The Morgan fingerprint density at radius 3 is 3.00 bits per heavy atom. The second kappa shape index (κ2) is 9.61. The van der Waals surface area contributed by atoms with Gasteiger partial charge in [-0.2, -0.15) is 15.0 Å². The predicted octanol–water partition coefficient (Wildman–Crippen LogP) is 3.58. The smallest absolute Gasteiger partial charge is 0.320 e. The number of halogens is 1. The Labute approximate surface area is 253 Å². The predicted molar refractivity (Wildman–Crippen MR) is 163 cm³/mol. The number of alkyl halides is 1. The number of nitrogens with zero attached hydrogens (tertiary/aromatic N) is 6. The Hall–Kier alpha value is -4.27. The zero-order valence-corrected chi connectivity index (χ0v) is 24.2. The molecule has 0 aliphatic carbocycles. The molecule has 4 saturated heterocycles. The van der Waals surface area contributed by atoms with Crippen molar-refractivity contribution >= 4 is 27.6 Å². The molecular weight excluding hydrogens is 561 g/mol. The number of terminal acetylenes is 1. The summed E-state index contributed by atoms with van der Waals surface area (Å²) in [5, 5.41) is 16.6. The van der Waals surface area contributed by atoms with Gasteiger partial charge in [0.05, 0.1) is 11.6 Å². The van der Waals surface area contributed by atoms with Crippen LogP contribution in [0.2, 0.25) is 0 Å². The number of hydrogen-bond donors (Lipinski definition) is 2. The molecule has 5 aliphatic rings. The SMILES string of the molecule is C#Cc1cccc2cc(O)cc(-c3nc4c5c(nc(OCC67CCCN6CC(F)C7)nc5n3)N3CC5CCC(N5)C3CO4)c12. The quantitative estimate of drug-likeness (QED) is 0.341. The van der Waals surface area contributed by atoms with Gasteiger partial charge < -0.3 is 24.8 Å². The third-order valence-corrected chi connectivity index (χ3v) is 10.3. The molecular formula is C33H32FN7O3. The van der Waals surface area contributed by atoms with Gasteiger partial charge >= 0.3 is 6.01 Å². The number of anilines is 1. The summed E-state index contributed by atoms with van der Waals surface area (Å²) in [5.74, 6) is 4.27. The standard InChI is InChI=1S/C33H32FN7O3/c1-2-18-5-3-6-19-11-22(42)12-23(26(18)19)28-36-29-27-30(41-15-21-7-8-24(35-21)25(41)16-43-31(27)37-28)39-32(38-29)44-17-33-9-4-10-40(33)14-20(34)13-33/h1,3,5-6,11-12,20-21,24-25,35,42H,4,7-10,13-17H2. The molecule has 2 aromatic heterocycles. The molecule has 5 unspecified atom stereocenters. The molecule has 7 heterocycles. The first kappa shape index (κ1) is 26.2. The number of phenols is 1. The summed E-state index contributed by atoms with van der Waals surface area (Å²) in [6.45, 7) is 2.86. The molecule has 2 bridgehead atoms. The van der Waals surface area contributed by atoms with E-state index in [9.17, 15) is 9.50 Å². The number of nitrogens with one attached hydrogen (secondary N) is 1. The lowest BCUT2D eigenvalue weighted by Crippen LogP contribution is -2.60. The molecule has 9 rings (SSSR count). The highest BCUT2D eigenvalue weighted by molar-refractivity contribution is 6.02. The van der Waals surface area contributed by atoms with Crippen molar-refractivity contribution < 1.29 is 19.0 Å². The Kier molecular flexibility index (Phi) is 5.72. The van der Waals surface area contributed by atoms with Crippen LogP contribution < -0.4 is 19.7 Å². The minimum absolute atomic E-state index is 0.0537. The van der Waals surface area contributed by atoms with Crippen molar-refractivity contribution in [3.63, 3.8) is 0 Å². The van der Waals surface area contributed by atoms with Crippen molar-refractivity contribution in [2.75, 3.05) is 37.7 Å². The molecule has 0 radical (unpaired) electrons. The lowest BCUT2D eigenvalue weighted by Gasteiger charge is -2.40. The minimum atomic E-state index is -0.849. The fraction of sp³-hybridized carbons (Fsp3) is 0.455. The van der Waals surface area contributed by atoms with E-state index < -0.39 is 6.17 Å². The van der Waals surface area contributed by atoms with E-state index in [-0.39, 0.29) is 29.4 Å². The molecule has 2 aromatic carbocycles. The first-order chi connectivity index (χ1) is 21.5. The Morgan fingerprint density at radius 2 is 2.09 bits per heavy atom. The highest BCUT2D eigenvalue weighted by Gasteiger charge is 2.50. The van der Waals surface area contributed by atoms with E-state index in [0.29, 0.717) is 71.9 Å². The molecule has 44 heavy (non-hydrogen) atoms. The van der Waals surface area contributed by atoms with Gasteiger partial charge in [-0.1, -0.05) is 18.1 Å².